The maximum atomic E-state index is 4.46. The van der Waals surface area contributed by atoms with Gasteiger partial charge >= 0.3 is 0 Å². The third-order valence-corrected chi connectivity index (χ3v) is 2.43. The van der Waals surface area contributed by atoms with Gasteiger partial charge in [-0.3, -0.25) is 4.99 Å². The van der Waals surface area contributed by atoms with Crippen LogP contribution in [-0.4, -0.2) is 12.4 Å². The number of nitrogens with one attached hydrogen (secondary N) is 1. The van der Waals surface area contributed by atoms with Crippen LogP contribution in [0.25, 0.3) is 0 Å². The highest BCUT2D eigenvalue weighted by atomic mass is 15.0. The molecule has 0 unspecified atom stereocenters. The zero-order valence-electron chi connectivity index (χ0n) is 8.59. The van der Waals surface area contributed by atoms with Gasteiger partial charge in [0.25, 0.3) is 0 Å². The summed E-state index contributed by atoms with van der Waals surface area (Å²) in [5, 5.41) is 3.37. The third kappa shape index (κ3) is 2.34. The topological polar surface area (TPSA) is 24.4 Å². The Bertz CT molecular complexity index is 342. The van der Waals surface area contributed by atoms with Crippen LogP contribution in [0.4, 0.5) is 5.69 Å². The summed E-state index contributed by atoms with van der Waals surface area (Å²) in [6, 6.07) is 8.41. The first-order valence-corrected chi connectivity index (χ1v) is 5.21. The van der Waals surface area contributed by atoms with E-state index in [4.69, 9.17) is 0 Å². The van der Waals surface area contributed by atoms with E-state index >= 15 is 0 Å². The summed E-state index contributed by atoms with van der Waals surface area (Å²) in [6.07, 6.45) is 3.59. The van der Waals surface area contributed by atoms with Gasteiger partial charge in [0.15, 0.2) is 0 Å². The Morgan fingerprint density at radius 1 is 1.29 bits per heavy atom. The Balaban J connectivity index is 2.06. The van der Waals surface area contributed by atoms with Crippen molar-refractivity contribution in [1.82, 2.24) is 0 Å². The van der Waals surface area contributed by atoms with Crippen molar-refractivity contribution in [3.63, 3.8) is 0 Å². The average Bonchev–Trinajstić information content (AvgIpc) is 2.19. The van der Waals surface area contributed by atoms with Gasteiger partial charge in [0.2, 0.25) is 0 Å². The molecule has 0 aromatic heterocycles. The van der Waals surface area contributed by atoms with Gasteiger partial charge in [-0.1, -0.05) is 12.1 Å². The molecule has 1 aliphatic rings. The van der Waals surface area contributed by atoms with E-state index < -0.39 is 0 Å². The highest BCUT2D eigenvalue weighted by molar-refractivity contribution is 5.95. The lowest BCUT2D eigenvalue weighted by molar-refractivity contribution is 0.737. The molecule has 0 saturated carbocycles. The van der Waals surface area contributed by atoms with E-state index in [0.29, 0.717) is 0 Å². The van der Waals surface area contributed by atoms with Crippen molar-refractivity contribution in [3.05, 3.63) is 29.8 Å². The van der Waals surface area contributed by atoms with E-state index in [2.05, 4.69) is 41.5 Å². The van der Waals surface area contributed by atoms with Gasteiger partial charge < -0.3 is 5.32 Å². The number of aryl methyl sites for hydroxylation is 1. The second-order valence-electron chi connectivity index (χ2n) is 3.78. The lowest BCUT2D eigenvalue weighted by Gasteiger charge is -2.14. The summed E-state index contributed by atoms with van der Waals surface area (Å²) in [7, 11) is 0. The quantitative estimate of drug-likeness (QED) is 0.719. The second kappa shape index (κ2) is 4.27. The molecule has 1 aliphatic heterocycles. The summed E-state index contributed by atoms with van der Waals surface area (Å²) in [5.74, 6) is 1.14. The lowest BCUT2D eigenvalue weighted by atomic mass is 10.1. The summed E-state index contributed by atoms with van der Waals surface area (Å²) in [6.45, 7) is 3.09. The molecule has 2 nitrogen and oxygen atoms in total. The van der Waals surface area contributed by atoms with Crippen LogP contribution in [-0.2, 0) is 0 Å². The predicted molar refractivity (Wildman–Crippen MR) is 61.0 cm³/mol. The van der Waals surface area contributed by atoms with Crippen LogP contribution in [0.2, 0.25) is 0 Å². The van der Waals surface area contributed by atoms with Crippen molar-refractivity contribution in [2.45, 2.75) is 26.2 Å². The Kier molecular flexibility index (Phi) is 2.82. The van der Waals surface area contributed by atoms with E-state index in [-0.39, 0.29) is 0 Å². The van der Waals surface area contributed by atoms with Crippen LogP contribution in [0.1, 0.15) is 24.8 Å². The molecule has 1 aromatic carbocycles. The SMILES string of the molecule is Cc1cccc(NC2=NCCCC2)c1. The van der Waals surface area contributed by atoms with Gasteiger partial charge in [-0.2, -0.15) is 0 Å². The van der Waals surface area contributed by atoms with Crippen LogP contribution in [0, 0.1) is 6.92 Å². The van der Waals surface area contributed by atoms with Crippen LogP contribution < -0.4 is 5.32 Å². The smallest absolute Gasteiger partial charge is 0.101 e. The largest absolute Gasteiger partial charge is 0.344 e. The van der Waals surface area contributed by atoms with Crippen LogP contribution >= 0.6 is 0 Å². The normalized spacial score (nSPS) is 16.2. The lowest BCUT2D eigenvalue weighted by Crippen LogP contribution is -2.15. The number of amidine groups is 1. The van der Waals surface area contributed by atoms with Crippen molar-refractivity contribution in [3.8, 4) is 0 Å². The molecule has 74 valence electrons. The molecule has 0 radical (unpaired) electrons. The van der Waals surface area contributed by atoms with Gasteiger partial charge in [-0.25, -0.2) is 0 Å². The first-order valence-electron chi connectivity index (χ1n) is 5.21. The van der Waals surface area contributed by atoms with E-state index in [1.165, 1.54) is 18.4 Å². The zero-order valence-corrected chi connectivity index (χ0v) is 8.59. The molecule has 0 spiro atoms. The van der Waals surface area contributed by atoms with Crippen LogP contribution in [0.3, 0.4) is 0 Å². The van der Waals surface area contributed by atoms with Crippen molar-refractivity contribution in [1.29, 1.82) is 0 Å². The Labute approximate surface area is 85.1 Å². The summed E-state index contributed by atoms with van der Waals surface area (Å²) >= 11 is 0. The predicted octanol–water partition coefficient (Wildman–Crippen LogP) is 2.99. The highest BCUT2D eigenvalue weighted by Gasteiger charge is 2.04. The fourth-order valence-corrected chi connectivity index (χ4v) is 1.69. The molecular weight excluding hydrogens is 172 g/mol. The molecule has 1 heterocycles. The number of benzene rings is 1. The molecule has 0 saturated heterocycles. The number of hydrogen-bond acceptors (Lipinski definition) is 2. The highest BCUT2D eigenvalue weighted by Crippen LogP contribution is 2.13. The Morgan fingerprint density at radius 3 is 2.93 bits per heavy atom. The van der Waals surface area contributed by atoms with Gasteiger partial charge in [0.05, 0.1) is 0 Å². The first-order chi connectivity index (χ1) is 6.84. The molecular formula is C12H16N2. The Hall–Kier alpha value is -1.31. The minimum atomic E-state index is 0.980. The van der Waals surface area contributed by atoms with Crippen molar-refractivity contribution in [2.75, 3.05) is 11.9 Å². The molecule has 2 heteroatoms. The number of anilines is 1. The van der Waals surface area contributed by atoms with Crippen molar-refractivity contribution < 1.29 is 0 Å². The van der Waals surface area contributed by atoms with E-state index in [1.54, 1.807) is 0 Å². The first kappa shape index (κ1) is 9.25. The van der Waals surface area contributed by atoms with Gasteiger partial charge in [0.1, 0.15) is 5.84 Å². The molecule has 1 N–H and O–H groups in total. The number of aliphatic imine (C=N–C) groups is 1. The minimum Gasteiger partial charge on any atom is -0.344 e. The van der Waals surface area contributed by atoms with Crippen LogP contribution in [0.15, 0.2) is 29.3 Å². The summed E-state index contributed by atoms with van der Waals surface area (Å²) in [4.78, 5) is 4.46. The molecule has 0 aliphatic carbocycles. The Morgan fingerprint density at radius 2 is 2.21 bits per heavy atom. The molecule has 0 amide bonds. The van der Waals surface area contributed by atoms with Gasteiger partial charge in [0, 0.05) is 18.7 Å². The maximum absolute atomic E-state index is 4.46. The van der Waals surface area contributed by atoms with Crippen molar-refractivity contribution in [2.24, 2.45) is 4.99 Å². The second-order valence-corrected chi connectivity index (χ2v) is 3.78. The maximum Gasteiger partial charge on any atom is 0.101 e. The summed E-state index contributed by atoms with van der Waals surface area (Å²) in [5.41, 5.74) is 2.44. The molecule has 1 aromatic rings. The van der Waals surface area contributed by atoms with Crippen molar-refractivity contribution >= 4 is 11.5 Å². The number of hydrogen-bond donors (Lipinski definition) is 1. The molecule has 14 heavy (non-hydrogen) atoms. The monoisotopic (exact) mass is 188 g/mol. The molecule has 0 fully saturated rings. The van der Waals surface area contributed by atoms with Crippen LogP contribution in [0.5, 0.6) is 0 Å². The molecule has 2 rings (SSSR count). The number of nitrogens with zero attached hydrogens (tertiary/aromatic N) is 1. The average molecular weight is 188 g/mol. The number of rotatable bonds is 1. The minimum absolute atomic E-state index is 0.980. The fourth-order valence-electron chi connectivity index (χ4n) is 1.69. The van der Waals surface area contributed by atoms with E-state index in [9.17, 15) is 0 Å². The van der Waals surface area contributed by atoms with E-state index in [1.807, 2.05) is 0 Å². The molecule has 0 atom stereocenters. The standard InChI is InChI=1S/C12H16N2/c1-10-5-4-6-11(9-10)14-12-7-2-3-8-13-12/h4-6,9H,2-3,7-8H2,1H3,(H,13,14). The van der Waals surface area contributed by atoms with Gasteiger partial charge in [-0.05, 0) is 37.5 Å². The van der Waals surface area contributed by atoms with Gasteiger partial charge in [-0.15, -0.1) is 0 Å². The summed E-state index contributed by atoms with van der Waals surface area (Å²) < 4.78 is 0. The fraction of sp³-hybridized carbons (Fsp3) is 0.417. The third-order valence-electron chi connectivity index (χ3n) is 2.43. The zero-order chi connectivity index (χ0) is 9.80. The molecule has 0 bridgehead atoms. The van der Waals surface area contributed by atoms with E-state index in [0.717, 1.165) is 24.5 Å².